The van der Waals surface area contributed by atoms with Gasteiger partial charge in [0.2, 0.25) is 0 Å². The first-order chi connectivity index (χ1) is 15.0. The topological polar surface area (TPSA) is 83.7 Å². The molecule has 0 unspecified atom stereocenters. The summed E-state index contributed by atoms with van der Waals surface area (Å²) in [4.78, 5) is 15.6. The molecule has 7 heteroatoms. The molecule has 1 aromatic heterocycles. The molecule has 4 rings (SSSR count). The Hall–Kier alpha value is -4.13. The molecule has 0 aliphatic carbocycles. The number of benzene rings is 3. The van der Waals surface area contributed by atoms with Gasteiger partial charge in [0.15, 0.2) is 11.5 Å². The lowest BCUT2D eigenvalue weighted by molar-refractivity contribution is 0.0996. The number of nitrogens with two attached hydrogens (primary N) is 1. The van der Waals surface area contributed by atoms with Crippen LogP contribution in [0.2, 0.25) is 0 Å². The van der Waals surface area contributed by atoms with E-state index in [1.165, 1.54) is 12.1 Å². The highest BCUT2D eigenvalue weighted by molar-refractivity contribution is 5.93. The highest BCUT2D eigenvalue weighted by Crippen LogP contribution is 2.37. The van der Waals surface area contributed by atoms with Crippen molar-refractivity contribution in [2.45, 2.75) is 6.61 Å². The molecule has 3 aromatic carbocycles. The minimum atomic E-state index is -0.842. The van der Waals surface area contributed by atoms with Crippen LogP contribution in [0.3, 0.4) is 0 Å². The maximum absolute atomic E-state index is 14.1. The number of rotatable bonds is 7. The van der Waals surface area contributed by atoms with E-state index in [2.05, 4.69) is 4.98 Å². The third-order valence-electron chi connectivity index (χ3n) is 4.66. The molecule has 0 bridgehead atoms. The van der Waals surface area contributed by atoms with Crippen molar-refractivity contribution in [3.8, 4) is 23.0 Å². The molecule has 0 atom stereocenters. The molecule has 31 heavy (non-hydrogen) atoms. The molecule has 0 saturated carbocycles. The summed E-state index contributed by atoms with van der Waals surface area (Å²) in [6.07, 6.45) is 1.58. The number of carbonyl (C=O) groups excluding carboxylic acids is 1. The summed E-state index contributed by atoms with van der Waals surface area (Å²) in [5.41, 5.74) is 6.59. The van der Waals surface area contributed by atoms with Crippen molar-refractivity contribution in [1.29, 1.82) is 0 Å². The van der Waals surface area contributed by atoms with Crippen molar-refractivity contribution in [2.24, 2.45) is 5.73 Å². The Morgan fingerprint density at radius 3 is 2.52 bits per heavy atom. The predicted molar refractivity (Wildman–Crippen MR) is 114 cm³/mol. The third kappa shape index (κ3) is 4.40. The predicted octanol–water partition coefficient (Wildman–Crippen LogP) is 4.85. The van der Waals surface area contributed by atoms with E-state index in [4.69, 9.17) is 19.9 Å². The first kappa shape index (κ1) is 20.2. The number of amides is 1. The molecule has 1 amide bonds. The Bertz CT molecular complexity index is 1250. The highest BCUT2D eigenvalue weighted by atomic mass is 19.1. The fourth-order valence-corrected chi connectivity index (χ4v) is 3.11. The number of hydrogen-bond acceptors (Lipinski definition) is 5. The van der Waals surface area contributed by atoms with Gasteiger partial charge in [-0.3, -0.25) is 9.78 Å². The van der Waals surface area contributed by atoms with Gasteiger partial charge in [0.1, 0.15) is 23.9 Å². The highest BCUT2D eigenvalue weighted by Gasteiger charge is 2.14. The van der Waals surface area contributed by atoms with Gasteiger partial charge in [0.25, 0.3) is 5.91 Å². The second kappa shape index (κ2) is 8.71. The zero-order chi connectivity index (χ0) is 21.8. The molecule has 0 radical (unpaired) electrons. The number of pyridine rings is 1. The molecule has 4 aromatic rings. The number of halogens is 1. The van der Waals surface area contributed by atoms with Crippen molar-refractivity contribution in [1.82, 2.24) is 4.98 Å². The number of carbonyl (C=O) groups is 1. The van der Waals surface area contributed by atoms with Crippen molar-refractivity contribution in [3.05, 3.63) is 89.9 Å². The van der Waals surface area contributed by atoms with Crippen molar-refractivity contribution < 1.29 is 23.4 Å². The van der Waals surface area contributed by atoms with E-state index in [9.17, 15) is 9.18 Å². The number of primary amides is 1. The van der Waals surface area contributed by atoms with Crippen molar-refractivity contribution in [3.63, 3.8) is 0 Å². The first-order valence-corrected chi connectivity index (χ1v) is 9.46. The van der Waals surface area contributed by atoms with Gasteiger partial charge >= 0.3 is 0 Å². The summed E-state index contributed by atoms with van der Waals surface area (Å²) in [7, 11) is 1.55. The average Bonchev–Trinajstić information content (AvgIpc) is 2.78. The third-order valence-corrected chi connectivity index (χ3v) is 4.66. The van der Waals surface area contributed by atoms with E-state index in [1.807, 2.05) is 30.3 Å². The maximum atomic E-state index is 14.1. The smallest absolute Gasteiger partial charge is 0.251 e. The van der Waals surface area contributed by atoms with Crippen LogP contribution in [0.5, 0.6) is 23.0 Å². The maximum Gasteiger partial charge on any atom is 0.251 e. The molecular weight excluding hydrogens is 399 g/mol. The summed E-state index contributed by atoms with van der Waals surface area (Å²) < 4.78 is 31.4. The standard InChI is InChI=1S/C24H19FN2O4/c1-29-22-12-18-20(13-23(22)30-14-15-5-3-2-4-6-15)27-10-9-21(18)31-16-7-8-17(24(26)28)19(25)11-16/h2-13H,14H2,1H3,(H2,26,28). The fraction of sp³-hybridized carbons (Fsp3) is 0.0833. The van der Waals surface area contributed by atoms with E-state index in [0.29, 0.717) is 34.8 Å². The average molecular weight is 418 g/mol. The lowest BCUT2D eigenvalue weighted by Crippen LogP contribution is -2.12. The van der Waals surface area contributed by atoms with E-state index >= 15 is 0 Å². The van der Waals surface area contributed by atoms with E-state index in [1.54, 1.807) is 31.5 Å². The van der Waals surface area contributed by atoms with Crippen LogP contribution in [0, 0.1) is 5.82 Å². The van der Waals surface area contributed by atoms with Gasteiger partial charge in [-0.15, -0.1) is 0 Å². The number of hydrogen-bond donors (Lipinski definition) is 1. The molecule has 6 nitrogen and oxygen atoms in total. The monoisotopic (exact) mass is 418 g/mol. The second-order valence-electron chi connectivity index (χ2n) is 6.71. The molecule has 0 aliphatic heterocycles. The summed E-state index contributed by atoms with van der Waals surface area (Å²) in [5.74, 6) is 0.128. The number of ether oxygens (including phenoxy) is 3. The Labute approximate surface area is 178 Å². The van der Waals surface area contributed by atoms with Crippen LogP contribution >= 0.6 is 0 Å². The van der Waals surface area contributed by atoms with Crippen LogP contribution in [0.25, 0.3) is 10.9 Å². The molecule has 1 heterocycles. The minimum absolute atomic E-state index is 0.200. The molecule has 0 aliphatic rings. The lowest BCUT2D eigenvalue weighted by Gasteiger charge is -2.14. The zero-order valence-corrected chi connectivity index (χ0v) is 16.7. The molecule has 2 N–H and O–H groups in total. The zero-order valence-electron chi connectivity index (χ0n) is 16.7. The fourth-order valence-electron chi connectivity index (χ4n) is 3.11. The van der Waals surface area contributed by atoms with E-state index < -0.39 is 11.7 Å². The minimum Gasteiger partial charge on any atom is -0.493 e. The Morgan fingerprint density at radius 2 is 1.81 bits per heavy atom. The van der Waals surface area contributed by atoms with Crippen LogP contribution in [0.15, 0.2) is 72.9 Å². The largest absolute Gasteiger partial charge is 0.493 e. The second-order valence-corrected chi connectivity index (χ2v) is 6.71. The van der Waals surface area contributed by atoms with Gasteiger partial charge < -0.3 is 19.9 Å². The molecular formula is C24H19FN2O4. The van der Waals surface area contributed by atoms with Crippen LogP contribution in [-0.2, 0) is 6.61 Å². The van der Waals surface area contributed by atoms with Crippen LogP contribution in [0.1, 0.15) is 15.9 Å². The summed E-state index contributed by atoms with van der Waals surface area (Å²) in [6, 6.07) is 18.8. The van der Waals surface area contributed by atoms with Gasteiger partial charge in [-0.1, -0.05) is 30.3 Å². The van der Waals surface area contributed by atoms with E-state index in [-0.39, 0.29) is 11.3 Å². The lowest BCUT2D eigenvalue weighted by atomic mass is 10.1. The van der Waals surface area contributed by atoms with Gasteiger partial charge in [-0.2, -0.15) is 0 Å². The van der Waals surface area contributed by atoms with Crippen LogP contribution in [-0.4, -0.2) is 18.0 Å². The van der Waals surface area contributed by atoms with Gasteiger partial charge in [0.05, 0.1) is 18.2 Å². The quantitative estimate of drug-likeness (QED) is 0.464. The Morgan fingerprint density at radius 1 is 1.00 bits per heavy atom. The van der Waals surface area contributed by atoms with E-state index in [0.717, 1.165) is 11.6 Å². The SMILES string of the molecule is COc1cc2c(Oc3ccc(C(N)=O)c(F)c3)ccnc2cc1OCc1ccccc1. The Kier molecular flexibility index (Phi) is 5.66. The van der Waals surface area contributed by atoms with Gasteiger partial charge in [0, 0.05) is 23.7 Å². The number of methoxy groups -OCH3 is 1. The number of fused-ring (bicyclic) bond motifs is 1. The first-order valence-electron chi connectivity index (χ1n) is 9.46. The van der Waals surface area contributed by atoms with Gasteiger partial charge in [-0.05, 0) is 29.8 Å². The molecule has 0 fully saturated rings. The summed E-state index contributed by atoms with van der Waals surface area (Å²) in [6.45, 7) is 0.379. The van der Waals surface area contributed by atoms with Crippen molar-refractivity contribution in [2.75, 3.05) is 7.11 Å². The number of nitrogens with zero attached hydrogens (tertiary/aromatic N) is 1. The van der Waals surface area contributed by atoms with Gasteiger partial charge in [-0.25, -0.2) is 4.39 Å². The molecule has 0 spiro atoms. The van der Waals surface area contributed by atoms with Crippen LogP contribution in [0.4, 0.5) is 4.39 Å². The Balaban J connectivity index is 1.65. The molecule has 0 saturated heterocycles. The normalized spacial score (nSPS) is 10.6. The van der Waals surface area contributed by atoms with Crippen LogP contribution < -0.4 is 19.9 Å². The molecule has 156 valence electrons. The summed E-state index contributed by atoms with van der Waals surface area (Å²) >= 11 is 0. The number of aromatic nitrogens is 1. The summed E-state index contributed by atoms with van der Waals surface area (Å²) in [5, 5.41) is 0.658. The van der Waals surface area contributed by atoms with Crippen molar-refractivity contribution >= 4 is 16.8 Å².